The summed E-state index contributed by atoms with van der Waals surface area (Å²) in [6.45, 7) is 4.95. The number of unbranched alkanes of at least 4 members (excludes halogenated alkanes) is 1. The minimum Gasteiger partial charge on any atom is -0.493 e. The highest BCUT2D eigenvalue weighted by molar-refractivity contribution is 6.03. The topological polar surface area (TPSA) is 90.6 Å². The fourth-order valence-corrected chi connectivity index (χ4v) is 3.85. The van der Waals surface area contributed by atoms with Crippen LogP contribution in [0.25, 0.3) is 0 Å². The van der Waals surface area contributed by atoms with E-state index in [-0.39, 0.29) is 11.6 Å². The Balaban J connectivity index is 2.08. The fraction of sp³-hybridized carbons (Fsp3) is 0.478. The molecule has 3 N–H and O–H groups in total. The van der Waals surface area contributed by atoms with Gasteiger partial charge in [0.25, 0.3) is 0 Å². The molecule has 1 atom stereocenters. The number of hydrogen-bond donors (Lipinski definition) is 2. The number of nitrogens with one attached hydrogen (secondary N) is 1. The van der Waals surface area contributed by atoms with Crippen LogP contribution < -0.4 is 15.8 Å². The van der Waals surface area contributed by atoms with Crippen molar-refractivity contribution in [1.29, 1.82) is 0 Å². The molecule has 6 nitrogen and oxygen atoms in total. The number of carbonyl (C=O) groups excluding carboxylic acids is 2. The fourth-order valence-electron chi connectivity index (χ4n) is 3.85. The van der Waals surface area contributed by atoms with Crippen LogP contribution in [0.5, 0.6) is 5.75 Å². The highest BCUT2D eigenvalue weighted by Gasteiger charge is 2.40. The number of rotatable bonds is 8. The van der Waals surface area contributed by atoms with Gasteiger partial charge in [-0.1, -0.05) is 38.5 Å². The van der Waals surface area contributed by atoms with Gasteiger partial charge in [0.2, 0.25) is 0 Å². The molecule has 0 bridgehead atoms. The molecule has 0 amide bonds. The summed E-state index contributed by atoms with van der Waals surface area (Å²) in [4.78, 5) is 25.9. The van der Waals surface area contributed by atoms with Gasteiger partial charge in [-0.25, -0.2) is 4.79 Å². The van der Waals surface area contributed by atoms with E-state index in [1.54, 1.807) is 0 Å². The zero-order valence-electron chi connectivity index (χ0n) is 17.3. The summed E-state index contributed by atoms with van der Waals surface area (Å²) in [5.41, 5.74) is 8.78. The van der Waals surface area contributed by atoms with E-state index in [1.807, 2.05) is 38.1 Å². The molecule has 1 aromatic carbocycles. The van der Waals surface area contributed by atoms with Crippen LogP contribution >= 0.6 is 0 Å². The smallest absolute Gasteiger partial charge is 0.338 e. The van der Waals surface area contributed by atoms with E-state index in [4.69, 9.17) is 15.2 Å². The number of para-hydroxylation sites is 1. The van der Waals surface area contributed by atoms with Gasteiger partial charge in [-0.05, 0) is 31.7 Å². The van der Waals surface area contributed by atoms with Crippen molar-refractivity contribution in [1.82, 2.24) is 5.32 Å². The third kappa shape index (κ3) is 4.47. The third-order valence-corrected chi connectivity index (χ3v) is 5.25. The minimum absolute atomic E-state index is 0.0420. The molecular formula is C23H30N2O4. The Labute approximate surface area is 172 Å². The maximum Gasteiger partial charge on any atom is 0.338 e. The first-order valence-corrected chi connectivity index (χ1v) is 10.5. The lowest BCUT2D eigenvalue weighted by molar-refractivity contribution is -0.139. The standard InChI is InChI=1S/C23H30N2O4/c1-3-5-14-29-23(27)21-19(15-9-6-7-12-18(15)28-13-4-2)20-16(25-22(21)24)10-8-11-17(20)26/h6-7,9,12,19,25H,3-5,8,10-11,13-14,24H2,1-2H3. The molecule has 0 saturated carbocycles. The van der Waals surface area contributed by atoms with Gasteiger partial charge >= 0.3 is 5.97 Å². The van der Waals surface area contributed by atoms with E-state index in [0.717, 1.165) is 43.4 Å². The summed E-state index contributed by atoms with van der Waals surface area (Å²) in [6.07, 6.45) is 4.53. The maximum atomic E-state index is 13.0. The first-order valence-electron chi connectivity index (χ1n) is 10.5. The number of nitrogens with two attached hydrogens (primary N) is 1. The largest absolute Gasteiger partial charge is 0.493 e. The highest BCUT2D eigenvalue weighted by Crippen LogP contribution is 2.44. The average molecular weight is 399 g/mol. The molecular weight excluding hydrogens is 368 g/mol. The number of esters is 1. The molecule has 3 rings (SSSR count). The number of carbonyl (C=O) groups is 2. The van der Waals surface area contributed by atoms with Crippen LogP contribution in [0.15, 0.2) is 46.9 Å². The van der Waals surface area contributed by atoms with Crippen LogP contribution in [0.2, 0.25) is 0 Å². The Hall–Kier alpha value is -2.76. The average Bonchev–Trinajstić information content (AvgIpc) is 2.71. The number of ketones is 1. The zero-order valence-corrected chi connectivity index (χ0v) is 17.3. The molecule has 1 aliphatic heterocycles. The van der Waals surface area contributed by atoms with Gasteiger partial charge in [0, 0.05) is 23.3 Å². The lowest BCUT2D eigenvalue weighted by atomic mass is 9.75. The molecule has 6 heteroatoms. The second-order valence-corrected chi connectivity index (χ2v) is 7.43. The lowest BCUT2D eigenvalue weighted by Crippen LogP contribution is -2.38. The van der Waals surface area contributed by atoms with E-state index in [9.17, 15) is 9.59 Å². The summed E-state index contributed by atoms with van der Waals surface area (Å²) in [5.74, 6) is -0.0984. The minimum atomic E-state index is -0.582. The number of dihydropyridines is 1. The first kappa shape index (κ1) is 21.0. The molecule has 0 spiro atoms. The van der Waals surface area contributed by atoms with Crippen molar-refractivity contribution in [2.75, 3.05) is 13.2 Å². The van der Waals surface area contributed by atoms with Crippen molar-refractivity contribution in [2.45, 2.75) is 58.3 Å². The van der Waals surface area contributed by atoms with Crippen molar-refractivity contribution >= 4 is 11.8 Å². The Morgan fingerprint density at radius 2 is 1.97 bits per heavy atom. The number of benzene rings is 1. The van der Waals surface area contributed by atoms with Crippen LogP contribution in [-0.4, -0.2) is 25.0 Å². The van der Waals surface area contributed by atoms with E-state index < -0.39 is 11.9 Å². The van der Waals surface area contributed by atoms with Crippen molar-refractivity contribution < 1.29 is 19.1 Å². The van der Waals surface area contributed by atoms with Gasteiger partial charge in [-0.2, -0.15) is 0 Å². The Kier molecular flexibility index (Phi) is 6.96. The van der Waals surface area contributed by atoms with E-state index in [1.165, 1.54) is 0 Å². The predicted molar refractivity (Wildman–Crippen MR) is 111 cm³/mol. The predicted octanol–water partition coefficient (Wildman–Crippen LogP) is 3.68. The number of allylic oxidation sites excluding steroid dienone is 2. The van der Waals surface area contributed by atoms with E-state index in [2.05, 4.69) is 5.32 Å². The first-order chi connectivity index (χ1) is 14.1. The summed E-state index contributed by atoms with van der Waals surface area (Å²) in [6, 6.07) is 7.55. The van der Waals surface area contributed by atoms with Crippen LogP contribution in [-0.2, 0) is 14.3 Å². The zero-order chi connectivity index (χ0) is 20.8. The van der Waals surface area contributed by atoms with Crippen molar-refractivity contribution in [2.24, 2.45) is 5.73 Å². The van der Waals surface area contributed by atoms with Crippen LogP contribution in [0.1, 0.15) is 63.9 Å². The number of ether oxygens (including phenoxy) is 2. The monoisotopic (exact) mass is 398 g/mol. The van der Waals surface area contributed by atoms with Gasteiger partial charge in [-0.15, -0.1) is 0 Å². The number of Topliss-reactive ketones (excluding diaryl/α,β-unsaturated/α-hetero) is 1. The molecule has 2 aliphatic rings. The van der Waals surface area contributed by atoms with Gasteiger partial charge < -0.3 is 20.5 Å². The highest BCUT2D eigenvalue weighted by atomic mass is 16.5. The van der Waals surface area contributed by atoms with Gasteiger partial charge in [0.1, 0.15) is 11.6 Å². The molecule has 1 aromatic rings. The summed E-state index contributed by atoms with van der Waals surface area (Å²) in [5, 5.41) is 3.11. The molecule has 1 unspecified atom stereocenters. The second kappa shape index (κ2) is 9.63. The normalized spacial score (nSPS) is 19.0. The van der Waals surface area contributed by atoms with Crippen molar-refractivity contribution in [3.05, 3.63) is 52.5 Å². The third-order valence-electron chi connectivity index (χ3n) is 5.25. The molecule has 0 aromatic heterocycles. The van der Waals surface area contributed by atoms with Crippen molar-refractivity contribution in [3.63, 3.8) is 0 Å². The molecule has 1 aliphatic carbocycles. The second-order valence-electron chi connectivity index (χ2n) is 7.43. The SMILES string of the molecule is CCCCOC(=O)C1=C(N)NC2=C(C(=O)CCC2)C1c1ccccc1OCCC. The van der Waals surface area contributed by atoms with Crippen LogP contribution in [0.3, 0.4) is 0 Å². The Morgan fingerprint density at radius 1 is 1.17 bits per heavy atom. The van der Waals surface area contributed by atoms with Crippen molar-refractivity contribution in [3.8, 4) is 5.75 Å². The molecule has 156 valence electrons. The van der Waals surface area contributed by atoms with E-state index in [0.29, 0.717) is 36.5 Å². The van der Waals surface area contributed by atoms with E-state index >= 15 is 0 Å². The maximum absolute atomic E-state index is 13.0. The van der Waals surface area contributed by atoms with Gasteiger partial charge in [0.15, 0.2) is 5.78 Å². The summed E-state index contributed by atoms with van der Waals surface area (Å²) in [7, 11) is 0. The Morgan fingerprint density at radius 3 is 2.72 bits per heavy atom. The lowest BCUT2D eigenvalue weighted by Gasteiger charge is -2.34. The summed E-state index contributed by atoms with van der Waals surface area (Å²) < 4.78 is 11.4. The van der Waals surface area contributed by atoms with Gasteiger partial charge in [-0.3, -0.25) is 4.79 Å². The molecule has 0 saturated heterocycles. The quantitative estimate of drug-likeness (QED) is 0.513. The molecule has 29 heavy (non-hydrogen) atoms. The summed E-state index contributed by atoms with van der Waals surface area (Å²) >= 11 is 0. The van der Waals surface area contributed by atoms with Crippen LogP contribution in [0.4, 0.5) is 0 Å². The molecule has 0 fully saturated rings. The number of hydrogen-bond acceptors (Lipinski definition) is 6. The van der Waals surface area contributed by atoms with Gasteiger partial charge in [0.05, 0.1) is 24.7 Å². The molecule has 1 heterocycles. The Bertz CT molecular complexity index is 841. The van der Waals surface area contributed by atoms with Crippen LogP contribution in [0, 0.1) is 0 Å². The molecule has 0 radical (unpaired) electrons.